The molecule has 0 unspecified atom stereocenters. The van der Waals surface area contributed by atoms with Crippen LogP contribution in [0.15, 0.2) is 0 Å². The van der Waals surface area contributed by atoms with Crippen molar-refractivity contribution in [2.45, 2.75) is 117 Å². The Morgan fingerprint density at radius 1 is 0.480 bits per heavy atom. The monoisotopic (exact) mass is 396 g/mol. The molecule has 142 valence electrons. The first kappa shape index (κ1) is 34.4. The van der Waals surface area contributed by atoms with Gasteiger partial charge in [0, 0.05) is 10.4 Å². The minimum Gasteiger partial charge on any atom is -0.759 e. The van der Waals surface area contributed by atoms with Crippen molar-refractivity contribution in [1.82, 2.24) is 0 Å². The average molecular weight is 397 g/mol. The van der Waals surface area contributed by atoms with Crippen LogP contribution < -0.4 is 59.1 Å². The van der Waals surface area contributed by atoms with E-state index in [4.69, 9.17) is 17.5 Å². The second-order valence-electron chi connectivity index (χ2n) is 6.36. The Bertz CT molecular complexity index is 288. The van der Waals surface area contributed by atoms with Gasteiger partial charge >= 0.3 is 59.1 Å². The molecule has 4 nitrogen and oxygen atoms in total. The van der Waals surface area contributed by atoms with Gasteiger partial charge in [-0.25, -0.2) is 0 Å². The molecule has 0 bridgehead atoms. The van der Waals surface area contributed by atoms with E-state index in [1.165, 1.54) is 103 Å². The molecular formula is C18H38Na2O4S. The number of hydrogen-bond donors (Lipinski definition) is 0. The SMILES string of the molecule is CCCCCCCCCCCCCCCCCC.O=S(=O)([O-])[O-].[Na+].[Na+]. The molecule has 0 N–H and O–H groups in total. The van der Waals surface area contributed by atoms with Gasteiger partial charge < -0.3 is 9.11 Å². The van der Waals surface area contributed by atoms with Gasteiger partial charge in [0.1, 0.15) is 0 Å². The van der Waals surface area contributed by atoms with Crippen LogP contribution in [0, 0.1) is 0 Å². The Kier molecular flexibility index (Phi) is 38.6. The fourth-order valence-corrected chi connectivity index (χ4v) is 2.62. The smallest absolute Gasteiger partial charge is 0.759 e. The summed E-state index contributed by atoms with van der Waals surface area (Å²) in [6.07, 6.45) is 23.4. The van der Waals surface area contributed by atoms with Gasteiger partial charge in [0.15, 0.2) is 0 Å². The van der Waals surface area contributed by atoms with E-state index in [2.05, 4.69) is 13.8 Å². The van der Waals surface area contributed by atoms with E-state index in [1.54, 1.807) is 0 Å². The quantitative estimate of drug-likeness (QED) is 0.168. The van der Waals surface area contributed by atoms with Gasteiger partial charge in [0.05, 0.1) is 0 Å². The van der Waals surface area contributed by atoms with Crippen LogP contribution in [0.1, 0.15) is 117 Å². The molecule has 25 heavy (non-hydrogen) atoms. The second-order valence-corrected chi connectivity index (χ2v) is 7.17. The molecule has 0 saturated heterocycles. The topological polar surface area (TPSA) is 80.3 Å². The molecular weight excluding hydrogens is 358 g/mol. The zero-order chi connectivity index (χ0) is 17.8. The first-order valence-corrected chi connectivity index (χ1v) is 10.9. The summed E-state index contributed by atoms with van der Waals surface area (Å²) in [5.41, 5.74) is 0. The van der Waals surface area contributed by atoms with Gasteiger partial charge in [-0.3, -0.25) is 8.42 Å². The summed E-state index contributed by atoms with van der Waals surface area (Å²) in [4.78, 5) is 0. The third kappa shape index (κ3) is 51.8. The van der Waals surface area contributed by atoms with Crippen LogP contribution in [-0.4, -0.2) is 17.5 Å². The van der Waals surface area contributed by atoms with Crippen LogP contribution >= 0.6 is 0 Å². The summed E-state index contributed by atoms with van der Waals surface area (Å²) >= 11 is 0. The molecule has 0 rings (SSSR count). The third-order valence-corrected chi connectivity index (χ3v) is 3.96. The van der Waals surface area contributed by atoms with Gasteiger partial charge in [-0.1, -0.05) is 117 Å². The molecule has 0 aromatic carbocycles. The van der Waals surface area contributed by atoms with Crippen molar-refractivity contribution in [3.05, 3.63) is 0 Å². The van der Waals surface area contributed by atoms with Gasteiger partial charge in [0.25, 0.3) is 0 Å². The molecule has 0 aromatic rings. The maximum Gasteiger partial charge on any atom is 1.00 e. The van der Waals surface area contributed by atoms with E-state index >= 15 is 0 Å². The zero-order valence-electron chi connectivity index (χ0n) is 17.4. The second kappa shape index (κ2) is 28.1. The van der Waals surface area contributed by atoms with Gasteiger partial charge in [-0.05, 0) is 0 Å². The van der Waals surface area contributed by atoms with E-state index in [-0.39, 0.29) is 59.1 Å². The van der Waals surface area contributed by atoms with Crippen molar-refractivity contribution in [2.75, 3.05) is 0 Å². The van der Waals surface area contributed by atoms with E-state index < -0.39 is 10.4 Å². The minimum atomic E-state index is -5.17. The molecule has 0 spiro atoms. The Morgan fingerprint density at radius 3 is 0.720 bits per heavy atom. The Morgan fingerprint density at radius 2 is 0.600 bits per heavy atom. The van der Waals surface area contributed by atoms with E-state index in [0.717, 1.165) is 0 Å². The van der Waals surface area contributed by atoms with Crippen molar-refractivity contribution >= 4 is 10.4 Å². The van der Waals surface area contributed by atoms with Crippen molar-refractivity contribution in [2.24, 2.45) is 0 Å². The summed E-state index contributed by atoms with van der Waals surface area (Å²) in [7, 11) is -5.17. The summed E-state index contributed by atoms with van der Waals surface area (Å²) in [5.74, 6) is 0. The molecule has 0 aliphatic heterocycles. The molecule has 0 fully saturated rings. The fourth-order valence-electron chi connectivity index (χ4n) is 2.62. The Hall–Kier alpha value is 1.87. The van der Waals surface area contributed by atoms with Crippen LogP contribution in [0.5, 0.6) is 0 Å². The first-order valence-electron chi connectivity index (χ1n) is 9.58. The van der Waals surface area contributed by atoms with Gasteiger partial charge in [0.2, 0.25) is 0 Å². The summed E-state index contributed by atoms with van der Waals surface area (Å²) in [6, 6.07) is 0. The predicted molar refractivity (Wildman–Crippen MR) is 95.7 cm³/mol. The van der Waals surface area contributed by atoms with Gasteiger partial charge in [-0.2, -0.15) is 0 Å². The average Bonchev–Trinajstić information content (AvgIpc) is 2.46. The van der Waals surface area contributed by atoms with Crippen LogP contribution in [0.25, 0.3) is 0 Å². The number of hydrogen-bond acceptors (Lipinski definition) is 4. The molecule has 0 atom stereocenters. The molecule has 0 aliphatic rings. The van der Waals surface area contributed by atoms with Crippen LogP contribution in [-0.2, 0) is 10.4 Å². The molecule has 0 saturated carbocycles. The summed E-state index contributed by atoms with van der Waals surface area (Å²) in [5, 5.41) is 0. The van der Waals surface area contributed by atoms with E-state index in [9.17, 15) is 0 Å². The molecule has 0 radical (unpaired) electrons. The standard InChI is InChI=1S/C18H38.2Na.H2O4S/c1-3-5-7-9-11-13-15-17-18-16-14-12-10-8-6-4-2;;;1-5(2,3)4/h3-18H2,1-2H3;;;(H2,1,2,3,4)/q;2*+1;/p-2. The number of rotatable bonds is 15. The van der Waals surface area contributed by atoms with Crippen LogP contribution in [0.2, 0.25) is 0 Å². The van der Waals surface area contributed by atoms with Crippen molar-refractivity contribution in [3.8, 4) is 0 Å². The molecule has 0 aliphatic carbocycles. The number of unbranched alkanes of at least 4 members (excludes halogenated alkanes) is 15. The van der Waals surface area contributed by atoms with Gasteiger partial charge in [-0.15, -0.1) is 0 Å². The Balaban J connectivity index is -0.000000276. The fraction of sp³-hybridized carbons (Fsp3) is 1.00. The van der Waals surface area contributed by atoms with E-state index in [0.29, 0.717) is 0 Å². The van der Waals surface area contributed by atoms with Crippen molar-refractivity contribution < 1.29 is 76.6 Å². The zero-order valence-corrected chi connectivity index (χ0v) is 22.2. The van der Waals surface area contributed by atoms with E-state index in [1.807, 2.05) is 0 Å². The maximum absolute atomic E-state index is 8.52. The Labute approximate surface area is 201 Å². The molecule has 0 heterocycles. The molecule has 0 amide bonds. The van der Waals surface area contributed by atoms with Crippen molar-refractivity contribution in [1.29, 1.82) is 0 Å². The first-order chi connectivity index (χ1) is 10.9. The maximum atomic E-state index is 8.52. The summed E-state index contributed by atoms with van der Waals surface area (Å²) < 4.78 is 34.1. The third-order valence-electron chi connectivity index (χ3n) is 3.96. The summed E-state index contributed by atoms with van der Waals surface area (Å²) in [6.45, 7) is 4.59. The largest absolute Gasteiger partial charge is 1.00 e. The minimum absolute atomic E-state index is 0. The van der Waals surface area contributed by atoms with Crippen LogP contribution in [0.4, 0.5) is 0 Å². The van der Waals surface area contributed by atoms with Crippen LogP contribution in [0.3, 0.4) is 0 Å². The molecule has 7 heteroatoms. The van der Waals surface area contributed by atoms with Crippen molar-refractivity contribution in [3.63, 3.8) is 0 Å². The normalized spacial score (nSPS) is 10.2. The molecule has 0 aromatic heterocycles. The predicted octanol–water partition coefficient (Wildman–Crippen LogP) is -0.0622.